The van der Waals surface area contributed by atoms with Crippen molar-refractivity contribution in [2.45, 2.75) is 44.3 Å². The molecule has 0 aliphatic carbocycles. The van der Waals surface area contributed by atoms with Crippen LogP contribution in [-0.2, 0) is 45.8 Å². The van der Waals surface area contributed by atoms with E-state index in [0.717, 1.165) is 0 Å². The molecule has 2 N–H and O–H groups in total. The molecule has 1 heterocycles. The number of azide groups is 1. The number of phosphoric acid groups is 3. The van der Waals surface area contributed by atoms with Crippen molar-refractivity contribution in [2.24, 2.45) is 5.11 Å². The largest absolute Gasteiger partial charge is 0.756 e. The Hall–Kier alpha value is -1.13. The Morgan fingerprint density at radius 1 is 1.26 bits per heavy atom. The lowest BCUT2D eigenvalue weighted by atomic mass is 10.1. The fourth-order valence-electron chi connectivity index (χ4n) is 2.64. The van der Waals surface area contributed by atoms with E-state index in [1.54, 1.807) is 6.92 Å². The molecule has 0 bridgehead atoms. The molecule has 4 unspecified atom stereocenters. The maximum Gasteiger partial charge on any atom is 0.407 e. The van der Waals surface area contributed by atoms with Crippen LogP contribution in [0.3, 0.4) is 0 Å². The highest BCUT2D eigenvalue weighted by Gasteiger charge is 2.37. The summed E-state index contributed by atoms with van der Waals surface area (Å²) in [7, 11) is -16.2. The Labute approximate surface area is 199 Å². The maximum absolute atomic E-state index is 11.7. The van der Waals surface area contributed by atoms with E-state index in [9.17, 15) is 33.2 Å². The van der Waals surface area contributed by atoms with E-state index in [0.29, 0.717) is 0 Å². The SMILES string of the molecule is COCCOC(=O)NCCC(N=[N+]=[N-])O[C@@H]1C[C@H](C)O[C@@H]1COP(=O)([O-])OP(=O)([O-])OP(=O)([O-])O. The van der Waals surface area contributed by atoms with Crippen LogP contribution >= 0.6 is 23.5 Å². The molecule has 0 aromatic rings. The van der Waals surface area contributed by atoms with Crippen molar-refractivity contribution in [1.82, 2.24) is 5.32 Å². The minimum Gasteiger partial charge on any atom is -0.756 e. The summed E-state index contributed by atoms with van der Waals surface area (Å²) >= 11 is 0. The fraction of sp³-hybridized carbons (Fsp3) is 0.923. The lowest BCUT2D eigenvalue weighted by Crippen LogP contribution is -2.34. The van der Waals surface area contributed by atoms with E-state index >= 15 is 0 Å². The van der Waals surface area contributed by atoms with Crippen molar-refractivity contribution in [2.75, 3.05) is 33.5 Å². The lowest BCUT2D eigenvalue weighted by molar-refractivity contribution is -0.250. The van der Waals surface area contributed by atoms with Crippen LogP contribution in [0, 0.1) is 0 Å². The molecule has 1 aliphatic rings. The number of rotatable bonds is 16. The average Bonchev–Trinajstić information content (AvgIpc) is 3.03. The first-order valence-corrected chi connectivity index (χ1v) is 14.1. The number of carbonyl (C=O) groups is 1. The Morgan fingerprint density at radius 2 is 1.94 bits per heavy atom. The summed E-state index contributed by atoms with van der Waals surface area (Å²) in [5.41, 5.74) is 8.75. The summed E-state index contributed by atoms with van der Waals surface area (Å²) in [4.78, 5) is 56.0. The average molecular weight is 569 g/mol. The van der Waals surface area contributed by atoms with E-state index < -0.39 is 60.7 Å². The Balaban J connectivity index is 2.64. The predicted octanol–water partition coefficient (Wildman–Crippen LogP) is -0.605. The van der Waals surface area contributed by atoms with Gasteiger partial charge in [-0.05, 0) is 18.9 Å². The van der Waals surface area contributed by atoms with Gasteiger partial charge in [-0.3, -0.25) is 13.7 Å². The summed E-state index contributed by atoms with van der Waals surface area (Å²) in [6, 6.07) is 0. The van der Waals surface area contributed by atoms with Gasteiger partial charge in [0.2, 0.25) is 0 Å². The molecule has 1 aliphatic heterocycles. The van der Waals surface area contributed by atoms with E-state index in [1.165, 1.54) is 7.11 Å². The Bertz CT molecular complexity index is 880. The van der Waals surface area contributed by atoms with E-state index in [1.807, 2.05) is 0 Å². The number of ether oxygens (including phenoxy) is 4. The topological polar surface area (TPSA) is 283 Å². The van der Waals surface area contributed by atoms with Gasteiger partial charge >= 0.3 is 6.09 Å². The quantitative estimate of drug-likeness (QED) is 0.0771. The molecular weight excluding hydrogens is 545 g/mol. The molecule has 0 spiro atoms. The number of amides is 1. The van der Waals surface area contributed by atoms with Crippen LogP contribution in [0.1, 0.15) is 19.8 Å². The molecule has 1 saturated heterocycles. The molecule has 19 nitrogen and oxygen atoms in total. The minimum atomic E-state index is -6.04. The highest BCUT2D eigenvalue weighted by molar-refractivity contribution is 7.65. The van der Waals surface area contributed by atoms with Crippen molar-refractivity contribution in [3.63, 3.8) is 0 Å². The minimum absolute atomic E-state index is 0.00182. The van der Waals surface area contributed by atoms with Crippen molar-refractivity contribution >= 4 is 29.6 Å². The number of hydrogen-bond donors (Lipinski definition) is 2. The van der Waals surface area contributed by atoms with Crippen molar-refractivity contribution in [1.29, 1.82) is 0 Å². The Kier molecular flexibility index (Phi) is 13.3. The van der Waals surface area contributed by atoms with Crippen LogP contribution < -0.4 is 20.0 Å². The molecule has 22 heteroatoms. The first-order chi connectivity index (χ1) is 16.2. The van der Waals surface area contributed by atoms with E-state index in [-0.39, 0.29) is 32.6 Å². The first-order valence-electron chi connectivity index (χ1n) is 9.64. The molecule has 1 rings (SSSR count). The Morgan fingerprint density at radius 3 is 2.54 bits per heavy atom. The van der Waals surface area contributed by atoms with Crippen molar-refractivity contribution in [3.05, 3.63) is 10.4 Å². The third-order valence-electron chi connectivity index (χ3n) is 3.88. The predicted molar refractivity (Wildman–Crippen MR) is 106 cm³/mol. The van der Waals surface area contributed by atoms with Crippen LogP contribution in [0.5, 0.6) is 0 Å². The summed E-state index contributed by atoms with van der Waals surface area (Å²) in [5, 5.41) is 5.84. The summed E-state index contributed by atoms with van der Waals surface area (Å²) in [5.74, 6) is 0. The van der Waals surface area contributed by atoms with Crippen LogP contribution in [-0.4, -0.2) is 69.0 Å². The maximum atomic E-state index is 11.7. The molecule has 0 aromatic carbocycles. The second-order valence-electron chi connectivity index (χ2n) is 6.72. The number of phosphoric ester groups is 1. The third-order valence-corrected chi connectivity index (χ3v) is 7.57. The normalized spacial score (nSPS) is 25.9. The van der Waals surface area contributed by atoms with Gasteiger partial charge in [0.1, 0.15) is 18.9 Å². The molecule has 0 radical (unpaired) electrons. The van der Waals surface area contributed by atoms with Crippen LogP contribution in [0.25, 0.3) is 10.4 Å². The summed E-state index contributed by atoms with van der Waals surface area (Å²) < 4.78 is 65.2. The van der Waals surface area contributed by atoms with Gasteiger partial charge in [0.25, 0.3) is 23.5 Å². The lowest BCUT2D eigenvalue weighted by Gasteiger charge is -2.33. The van der Waals surface area contributed by atoms with Crippen LogP contribution in [0.15, 0.2) is 5.11 Å². The second-order valence-corrected chi connectivity index (χ2v) is 11.0. The van der Waals surface area contributed by atoms with Crippen molar-refractivity contribution in [3.8, 4) is 0 Å². The molecule has 0 aromatic heterocycles. The number of alkyl carbamates (subject to hydrolysis) is 1. The monoisotopic (exact) mass is 569 g/mol. The molecule has 35 heavy (non-hydrogen) atoms. The summed E-state index contributed by atoms with van der Waals surface area (Å²) in [6.45, 7) is 0.974. The van der Waals surface area contributed by atoms with Gasteiger partial charge in [-0.2, -0.15) is 0 Å². The zero-order valence-electron chi connectivity index (χ0n) is 18.4. The van der Waals surface area contributed by atoms with Gasteiger partial charge in [0, 0.05) is 25.0 Å². The van der Waals surface area contributed by atoms with E-state index in [2.05, 4.69) is 28.5 Å². The zero-order chi connectivity index (χ0) is 26.7. The van der Waals surface area contributed by atoms with Crippen molar-refractivity contribution < 1.29 is 70.2 Å². The van der Waals surface area contributed by atoms with Crippen LogP contribution in [0.4, 0.5) is 4.79 Å². The number of hydrogen-bond acceptors (Lipinski definition) is 15. The van der Waals surface area contributed by atoms with Gasteiger partial charge in [-0.15, -0.1) is 0 Å². The highest BCUT2D eigenvalue weighted by Crippen LogP contribution is 2.61. The first kappa shape index (κ1) is 31.9. The van der Waals surface area contributed by atoms with Crippen LogP contribution in [0.2, 0.25) is 0 Å². The molecule has 204 valence electrons. The molecule has 1 fully saturated rings. The number of carbonyl (C=O) groups excluding carboxylic acids is 1. The number of methoxy groups -OCH3 is 1. The van der Waals surface area contributed by atoms with Gasteiger partial charge < -0.3 is 48.4 Å². The third kappa shape index (κ3) is 14.3. The number of nitrogens with one attached hydrogen (secondary N) is 1. The number of nitrogens with zero attached hydrogens (tertiary/aromatic N) is 3. The van der Waals surface area contributed by atoms with Gasteiger partial charge in [-0.1, -0.05) is 5.11 Å². The van der Waals surface area contributed by atoms with Gasteiger partial charge in [0.05, 0.1) is 25.4 Å². The van der Waals surface area contributed by atoms with Gasteiger partial charge in [0.15, 0.2) is 0 Å². The highest BCUT2D eigenvalue weighted by atomic mass is 31.3. The molecular formula is C13H24N4O15P3-3. The standard InChI is InChI=1S/C13H27N4O15P3/c1-9-7-10(30-12(16-17-14)3-4-15-13(18)27-6-5-26-2)11(29-9)8-28-34(22,23)32-35(24,25)31-33(19,20)21/h9-12H,3-8H2,1-2H3,(H,15,18)(H,22,23)(H,24,25)(H2,19,20,21)/p-3/t9-,10+,11+,12?/m0/s1. The second kappa shape index (κ2) is 14.6. The molecule has 0 saturated carbocycles. The smallest absolute Gasteiger partial charge is 0.407 e. The molecule has 7 atom stereocenters. The van der Waals surface area contributed by atoms with Gasteiger partial charge in [-0.25, -0.2) is 13.4 Å². The van der Waals surface area contributed by atoms with E-state index in [4.69, 9.17) is 29.4 Å². The zero-order valence-corrected chi connectivity index (χ0v) is 21.1. The molecule has 1 amide bonds. The fourth-order valence-corrected chi connectivity index (χ4v) is 5.54. The summed E-state index contributed by atoms with van der Waals surface area (Å²) in [6.07, 6.45) is -4.17.